The molecule has 0 saturated heterocycles. The van der Waals surface area contributed by atoms with Gasteiger partial charge in [0, 0.05) is 10.0 Å². The van der Waals surface area contributed by atoms with Crippen LogP contribution in [0.5, 0.6) is 5.75 Å². The zero-order valence-corrected chi connectivity index (χ0v) is 10.7. The van der Waals surface area contributed by atoms with Crippen molar-refractivity contribution in [2.75, 3.05) is 0 Å². The van der Waals surface area contributed by atoms with Gasteiger partial charge >= 0.3 is 0 Å². The Hall–Kier alpha value is -1.88. The predicted molar refractivity (Wildman–Crippen MR) is 70.9 cm³/mol. The minimum Gasteiger partial charge on any atom is -0.508 e. The predicted octanol–water partition coefficient (Wildman–Crippen LogP) is 3.84. The summed E-state index contributed by atoms with van der Waals surface area (Å²) in [5.74, 6) is 0.508. The van der Waals surface area contributed by atoms with Gasteiger partial charge in [0.15, 0.2) is 0 Å². The van der Waals surface area contributed by atoms with E-state index in [0.717, 1.165) is 5.56 Å². The number of phenolic OH excluding ortho intramolecular Hbond substituents is 1. The molecule has 3 aromatic rings. The van der Waals surface area contributed by atoms with Gasteiger partial charge in [-0.15, -0.1) is 0 Å². The summed E-state index contributed by atoms with van der Waals surface area (Å²) in [5.41, 5.74) is 2.14. The number of hydrogen-bond acceptors (Lipinski definition) is 2. The van der Waals surface area contributed by atoms with Crippen LogP contribution in [-0.4, -0.2) is 15.1 Å². The number of hydrogen-bond donors (Lipinski definition) is 2. The van der Waals surface area contributed by atoms with Crippen molar-refractivity contribution in [3.63, 3.8) is 0 Å². The van der Waals surface area contributed by atoms with E-state index in [1.165, 1.54) is 12.1 Å². The molecule has 0 bridgehead atoms. The Morgan fingerprint density at radius 3 is 2.61 bits per heavy atom. The van der Waals surface area contributed by atoms with Gasteiger partial charge in [-0.1, -0.05) is 0 Å². The second-order valence-corrected chi connectivity index (χ2v) is 4.77. The van der Waals surface area contributed by atoms with Crippen LogP contribution in [0.2, 0.25) is 0 Å². The van der Waals surface area contributed by atoms with Gasteiger partial charge in [0.25, 0.3) is 0 Å². The van der Waals surface area contributed by atoms with Gasteiger partial charge in [-0.3, -0.25) is 0 Å². The molecular weight excluding hydrogens is 299 g/mol. The first kappa shape index (κ1) is 11.2. The maximum atomic E-state index is 13.3. The maximum absolute atomic E-state index is 13.3. The highest BCUT2D eigenvalue weighted by molar-refractivity contribution is 9.10. The highest BCUT2D eigenvalue weighted by Crippen LogP contribution is 2.27. The van der Waals surface area contributed by atoms with Gasteiger partial charge in [0.05, 0.1) is 5.52 Å². The lowest BCUT2D eigenvalue weighted by molar-refractivity contribution is 0.475. The van der Waals surface area contributed by atoms with Crippen LogP contribution in [0.4, 0.5) is 4.39 Å². The molecule has 18 heavy (non-hydrogen) atoms. The molecule has 0 atom stereocenters. The summed E-state index contributed by atoms with van der Waals surface area (Å²) < 4.78 is 13.9. The zero-order chi connectivity index (χ0) is 12.7. The quantitative estimate of drug-likeness (QED) is 0.717. The van der Waals surface area contributed by atoms with E-state index in [1.54, 1.807) is 24.3 Å². The summed E-state index contributed by atoms with van der Waals surface area (Å²) in [4.78, 5) is 7.45. The Morgan fingerprint density at radius 1 is 1.17 bits per heavy atom. The van der Waals surface area contributed by atoms with Crippen LogP contribution in [0.15, 0.2) is 40.9 Å². The molecule has 0 saturated carbocycles. The number of nitrogens with one attached hydrogen (secondary N) is 1. The van der Waals surface area contributed by atoms with Crippen molar-refractivity contribution < 1.29 is 9.50 Å². The molecule has 0 aliphatic rings. The molecule has 0 spiro atoms. The molecule has 90 valence electrons. The number of aromatic nitrogens is 2. The van der Waals surface area contributed by atoms with Crippen LogP contribution in [0, 0.1) is 5.82 Å². The number of phenols is 1. The third-order valence-corrected chi connectivity index (χ3v) is 3.25. The Labute approximate surface area is 110 Å². The largest absolute Gasteiger partial charge is 0.508 e. The fraction of sp³-hybridized carbons (Fsp3) is 0. The number of nitrogens with zero attached hydrogens (tertiary/aromatic N) is 1. The Kier molecular flexibility index (Phi) is 2.56. The van der Waals surface area contributed by atoms with E-state index in [9.17, 15) is 9.50 Å². The first-order valence-electron chi connectivity index (χ1n) is 5.27. The first-order valence-corrected chi connectivity index (χ1v) is 6.07. The molecule has 1 aromatic heterocycles. The number of halogens is 2. The summed E-state index contributed by atoms with van der Waals surface area (Å²) in [5, 5.41) is 9.24. The summed E-state index contributed by atoms with van der Waals surface area (Å²) >= 11 is 3.28. The maximum Gasteiger partial charge on any atom is 0.138 e. The van der Waals surface area contributed by atoms with E-state index in [2.05, 4.69) is 25.9 Å². The lowest BCUT2D eigenvalue weighted by atomic mass is 10.2. The standard InChI is InChI=1S/C13H8BrFN2O/c14-10-5-8(15)6-11-12(10)17-13(16-11)7-1-3-9(18)4-2-7/h1-6,18H,(H,16,17). The molecule has 5 heteroatoms. The average Bonchev–Trinajstić information content (AvgIpc) is 2.74. The Morgan fingerprint density at radius 2 is 1.89 bits per heavy atom. The molecule has 2 aromatic carbocycles. The second-order valence-electron chi connectivity index (χ2n) is 3.92. The average molecular weight is 307 g/mol. The van der Waals surface area contributed by atoms with Crippen LogP contribution in [0.3, 0.4) is 0 Å². The summed E-state index contributed by atoms with van der Waals surface area (Å²) in [6, 6.07) is 9.44. The lowest BCUT2D eigenvalue weighted by Gasteiger charge is -1.95. The van der Waals surface area contributed by atoms with E-state index in [-0.39, 0.29) is 11.6 Å². The molecule has 0 radical (unpaired) electrons. The molecule has 2 N–H and O–H groups in total. The smallest absolute Gasteiger partial charge is 0.138 e. The summed E-state index contributed by atoms with van der Waals surface area (Å²) in [6.45, 7) is 0. The normalized spacial score (nSPS) is 11.0. The van der Waals surface area contributed by atoms with Gasteiger partial charge in [-0.2, -0.15) is 0 Å². The van der Waals surface area contributed by atoms with Gasteiger partial charge in [-0.25, -0.2) is 9.37 Å². The number of benzene rings is 2. The number of fused-ring (bicyclic) bond motifs is 1. The van der Waals surface area contributed by atoms with Crippen molar-refractivity contribution >= 4 is 27.0 Å². The van der Waals surface area contributed by atoms with Crippen LogP contribution < -0.4 is 0 Å². The van der Waals surface area contributed by atoms with Crippen LogP contribution in [0.25, 0.3) is 22.4 Å². The number of aromatic hydroxyl groups is 1. The number of rotatable bonds is 1. The monoisotopic (exact) mass is 306 g/mol. The highest BCUT2D eigenvalue weighted by Gasteiger charge is 2.09. The van der Waals surface area contributed by atoms with E-state index in [0.29, 0.717) is 21.3 Å². The van der Waals surface area contributed by atoms with E-state index < -0.39 is 0 Å². The van der Waals surface area contributed by atoms with Crippen LogP contribution in [0.1, 0.15) is 0 Å². The minimum absolute atomic E-state index is 0.196. The van der Waals surface area contributed by atoms with Gasteiger partial charge < -0.3 is 10.1 Å². The first-order chi connectivity index (χ1) is 8.63. The van der Waals surface area contributed by atoms with Crippen LogP contribution >= 0.6 is 15.9 Å². The summed E-state index contributed by atoms with van der Waals surface area (Å²) in [7, 11) is 0. The van der Waals surface area contributed by atoms with Crippen molar-refractivity contribution in [3.05, 3.63) is 46.7 Å². The van der Waals surface area contributed by atoms with Crippen LogP contribution in [-0.2, 0) is 0 Å². The fourth-order valence-electron chi connectivity index (χ4n) is 1.80. The number of aromatic amines is 1. The third kappa shape index (κ3) is 1.86. The molecule has 0 unspecified atom stereocenters. The molecule has 0 fully saturated rings. The SMILES string of the molecule is Oc1ccc(-c2nc3c(Br)cc(F)cc3[nH]2)cc1. The zero-order valence-electron chi connectivity index (χ0n) is 9.11. The molecule has 3 nitrogen and oxygen atoms in total. The highest BCUT2D eigenvalue weighted by atomic mass is 79.9. The van der Waals surface area contributed by atoms with Crippen molar-refractivity contribution in [2.45, 2.75) is 0 Å². The topological polar surface area (TPSA) is 48.9 Å². The van der Waals surface area contributed by atoms with Gasteiger partial charge in [-0.05, 0) is 52.3 Å². The van der Waals surface area contributed by atoms with E-state index in [4.69, 9.17) is 0 Å². The molecule has 3 rings (SSSR count). The molecule has 0 amide bonds. The van der Waals surface area contributed by atoms with E-state index in [1.807, 2.05) is 0 Å². The number of imidazole rings is 1. The molecule has 0 aliphatic carbocycles. The second kappa shape index (κ2) is 4.10. The molecule has 1 heterocycles. The number of H-pyrrole nitrogens is 1. The fourth-order valence-corrected chi connectivity index (χ4v) is 2.32. The van der Waals surface area contributed by atoms with Crippen molar-refractivity contribution in [2.24, 2.45) is 0 Å². The lowest BCUT2D eigenvalue weighted by Crippen LogP contribution is -1.78. The van der Waals surface area contributed by atoms with Gasteiger partial charge in [0.2, 0.25) is 0 Å². The van der Waals surface area contributed by atoms with Gasteiger partial charge in [0.1, 0.15) is 22.9 Å². The third-order valence-electron chi connectivity index (χ3n) is 2.65. The Balaban J connectivity index is 2.19. The molecule has 0 aliphatic heterocycles. The van der Waals surface area contributed by atoms with E-state index >= 15 is 0 Å². The van der Waals surface area contributed by atoms with Crippen molar-refractivity contribution in [1.29, 1.82) is 0 Å². The Bertz CT molecular complexity index is 722. The minimum atomic E-state index is -0.324. The van der Waals surface area contributed by atoms with Crippen molar-refractivity contribution in [1.82, 2.24) is 9.97 Å². The summed E-state index contributed by atoms with van der Waals surface area (Å²) in [6.07, 6.45) is 0. The van der Waals surface area contributed by atoms with Crippen molar-refractivity contribution in [3.8, 4) is 17.1 Å². The molecular formula is C13H8BrFN2O.